The van der Waals surface area contributed by atoms with E-state index in [1.165, 1.54) is 0 Å². The second-order valence-electron chi connectivity index (χ2n) is 5.37. The van der Waals surface area contributed by atoms with Crippen LogP contribution < -0.4 is 10.1 Å². The Morgan fingerprint density at radius 3 is 2.90 bits per heavy atom. The third-order valence-corrected chi connectivity index (χ3v) is 3.92. The summed E-state index contributed by atoms with van der Waals surface area (Å²) in [4.78, 5) is 15.4. The van der Waals surface area contributed by atoms with Crippen molar-refractivity contribution in [2.75, 3.05) is 6.61 Å². The van der Waals surface area contributed by atoms with E-state index >= 15 is 0 Å². The summed E-state index contributed by atoms with van der Waals surface area (Å²) in [6, 6.07) is 9.67. The Kier molecular flexibility index (Phi) is 3.30. The Hall–Kier alpha value is -2.48. The second kappa shape index (κ2) is 5.13. The summed E-state index contributed by atoms with van der Waals surface area (Å²) >= 11 is 0. The number of H-pyrrole nitrogens is 1. The van der Waals surface area contributed by atoms with E-state index in [2.05, 4.69) is 16.4 Å². The number of hydrogen-bond acceptors (Lipinski definition) is 3. The number of nitriles is 1. The van der Waals surface area contributed by atoms with Gasteiger partial charge in [0.15, 0.2) is 0 Å². The van der Waals surface area contributed by atoms with E-state index in [4.69, 9.17) is 4.74 Å². The molecule has 1 amide bonds. The monoisotopic (exact) mass is 283 g/mol. The van der Waals surface area contributed by atoms with Crippen LogP contribution in [0.4, 0.5) is 0 Å². The molecule has 1 aliphatic carbocycles. The molecule has 0 saturated heterocycles. The van der Waals surface area contributed by atoms with Crippen molar-refractivity contribution in [2.45, 2.75) is 31.7 Å². The van der Waals surface area contributed by atoms with E-state index in [1.54, 1.807) is 6.07 Å². The third kappa shape index (κ3) is 2.45. The van der Waals surface area contributed by atoms with E-state index in [-0.39, 0.29) is 5.91 Å². The number of nitrogens with one attached hydrogen (secondary N) is 2. The number of aromatic amines is 1. The Morgan fingerprint density at radius 1 is 1.48 bits per heavy atom. The maximum Gasteiger partial charge on any atom is 0.268 e. The zero-order valence-corrected chi connectivity index (χ0v) is 11.9. The fourth-order valence-corrected chi connectivity index (χ4v) is 2.56. The Bertz CT molecular complexity index is 723. The highest BCUT2D eigenvalue weighted by atomic mass is 16.5. The number of ether oxygens (including phenoxy) is 1. The molecule has 0 bridgehead atoms. The number of carbonyl (C=O) groups is 1. The fourth-order valence-electron chi connectivity index (χ4n) is 2.56. The molecule has 21 heavy (non-hydrogen) atoms. The third-order valence-electron chi connectivity index (χ3n) is 3.92. The van der Waals surface area contributed by atoms with E-state index < -0.39 is 5.54 Å². The van der Waals surface area contributed by atoms with Crippen LogP contribution in [0.1, 0.15) is 36.7 Å². The molecule has 3 rings (SSSR count). The van der Waals surface area contributed by atoms with Crippen molar-refractivity contribution in [1.82, 2.24) is 10.3 Å². The number of rotatable bonds is 4. The Morgan fingerprint density at radius 2 is 2.29 bits per heavy atom. The van der Waals surface area contributed by atoms with Gasteiger partial charge in [0.1, 0.15) is 17.0 Å². The molecule has 1 fully saturated rings. The average molecular weight is 283 g/mol. The molecule has 5 nitrogen and oxygen atoms in total. The normalized spacial score (nSPS) is 16.0. The van der Waals surface area contributed by atoms with Gasteiger partial charge >= 0.3 is 0 Å². The lowest BCUT2D eigenvalue weighted by molar-refractivity contribution is 0.0877. The molecule has 5 heteroatoms. The van der Waals surface area contributed by atoms with E-state index in [0.29, 0.717) is 12.3 Å². The predicted octanol–water partition coefficient (Wildman–Crippen LogP) is 2.74. The van der Waals surface area contributed by atoms with Crippen LogP contribution in [0.25, 0.3) is 10.9 Å². The molecule has 0 atom stereocenters. The van der Waals surface area contributed by atoms with Crippen LogP contribution in [-0.4, -0.2) is 23.0 Å². The number of hydrogen-bond donors (Lipinski definition) is 2. The van der Waals surface area contributed by atoms with Gasteiger partial charge in [0.25, 0.3) is 5.91 Å². The van der Waals surface area contributed by atoms with Crippen LogP contribution in [0, 0.1) is 11.3 Å². The van der Waals surface area contributed by atoms with Crippen LogP contribution in [0.2, 0.25) is 0 Å². The zero-order valence-electron chi connectivity index (χ0n) is 11.9. The Balaban J connectivity index is 1.83. The predicted molar refractivity (Wildman–Crippen MR) is 79.1 cm³/mol. The summed E-state index contributed by atoms with van der Waals surface area (Å²) < 4.78 is 5.44. The number of carbonyl (C=O) groups excluding carboxylic acids is 1. The first-order valence-corrected chi connectivity index (χ1v) is 7.15. The van der Waals surface area contributed by atoms with Crippen molar-refractivity contribution in [1.29, 1.82) is 5.26 Å². The molecule has 1 aromatic carbocycles. The van der Waals surface area contributed by atoms with Gasteiger partial charge in [0, 0.05) is 17.0 Å². The fraction of sp³-hybridized carbons (Fsp3) is 0.375. The molecular formula is C16H17N3O2. The molecule has 108 valence electrons. The lowest BCUT2D eigenvalue weighted by Gasteiger charge is -2.35. The van der Waals surface area contributed by atoms with Crippen molar-refractivity contribution in [3.05, 3.63) is 30.0 Å². The summed E-state index contributed by atoms with van der Waals surface area (Å²) in [5.74, 6) is 0.539. The molecule has 0 radical (unpaired) electrons. The summed E-state index contributed by atoms with van der Waals surface area (Å²) in [5, 5.41) is 13.0. The van der Waals surface area contributed by atoms with Gasteiger partial charge in [-0.1, -0.05) is 0 Å². The lowest BCUT2D eigenvalue weighted by Crippen LogP contribution is -2.52. The summed E-state index contributed by atoms with van der Waals surface area (Å²) in [7, 11) is 0. The molecular weight excluding hydrogens is 266 g/mol. The molecule has 2 aromatic rings. The first kappa shape index (κ1) is 13.5. The highest BCUT2D eigenvalue weighted by Gasteiger charge is 2.38. The van der Waals surface area contributed by atoms with Gasteiger partial charge in [-0.15, -0.1) is 0 Å². The molecule has 0 spiro atoms. The van der Waals surface area contributed by atoms with Crippen molar-refractivity contribution < 1.29 is 9.53 Å². The van der Waals surface area contributed by atoms with Gasteiger partial charge in [-0.05, 0) is 44.4 Å². The SMILES string of the molecule is CCOc1ccc2cc(C(=O)NC3(C#N)CCC3)[nH]c2c1. The van der Waals surface area contributed by atoms with E-state index in [1.807, 2.05) is 25.1 Å². The zero-order chi connectivity index (χ0) is 14.9. The highest BCUT2D eigenvalue weighted by Crippen LogP contribution is 2.31. The van der Waals surface area contributed by atoms with Crippen molar-refractivity contribution in [3.8, 4) is 11.8 Å². The Labute approximate surface area is 122 Å². The standard InChI is InChI=1S/C16H17N3O2/c1-2-21-12-5-4-11-8-14(18-13(11)9-12)15(20)19-16(10-17)6-3-7-16/h4-5,8-9,18H,2-3,6-7H2,1H3,(H,19,20). The van der Waals surface area contributed by atoms with Crippen LogP contribution in [0.15, 0.2) is 24.3 Å². The molecule has 2 N–H and O–H groups in total. The topological polar surface area (TPSA) is 77.9 Å². The minimum Gasteiger partial charge on any atom is -0.494 e. The van der Waals surface area contributed by atoms with E-state index in [9.17, 15) is 10.1 Å². The van der Waals surface area contributed by atoms with Crippen molar-refractivity contribution in [2.24, 2.45) is 0 Å². The highest BCUT2D eigenvalue weighted by molar-refractivity contribution is 5.98. The molecule has 1 saturated carbocycles. The number of benzene rings is 1. The number of aromatic nitrogens is 1. The summed E-state index contributed by atoms with van der Waals surface area (Å²) in [5.41, 5.74) is 0.649. The van der Waals surface area contributed by atoms with Crippen LogP contribution in [0.3, 0.4) is 0 Å². The number of nitrogens with zero attached hydrogens (tertiary/aromatic N) is 1. The van der Waals surface area contributed by atoms with Crippen LogP contribution in [0.5, 0.6) is 5.75 Å². The smallest absolute Gasteiger partial charge is 0.268 e. The van der Waals surface area contributed by atoms with Gasteiger partial charge in [-0.2, -0.15) is 5.26 Å². The van der Waals surface area contributed by atoms with Gasteiger partial charge in [0.05, 0.1) is 12.7 Å². The lowest BCUT2D eigenvalue weighted by atomic mass is 9.78. The van der Waals surface area contributed by atoms with Gasteiger partial charge in [0.2, 0.25) is 0 Å². The van der Waals surface area contributed by atoms with Crippen molar-refractivity contribution >= 4 is 16.8 Å². The van der Waals surface area contributed by atoms with Crippen LogP contribution in [-0.2, 0) is 0 Å². The van der Waals surface area contributed by atoms with Crippen LogP contribution >= 0.6 is 0 Å². The first-order valence-electron chi connectivity index (χ1n) is 7.15. The minimum atomic E-state index is -0.676. The van der Waals surface area contributed by atoms with Gasteiger partial charge in [-0.25, -0.2) is 0 Å². The molecule has 0 unspecified atom stereocenters. The maximum absolute atomic E-state index is 12.3. The summed E-state index contributed by atoms with van der Waals surface area (Å²) in [6.07, 6.45) is 2.44. The molecule has 0 aliphatic heterocycles. The number of amides is 1. The largest absolute Gasteiger partial charge is 0.494 e. The molecule has 1 heterocycles. The summed E-state index contributed by atoms with van der Waals surface area (Å²) in [6.45, 7) is 2.53. The minimum absolute atomic E-state index is 0.231. The molecule has 1 aliphatic rings. The number of fused-ring (bicyclic) bond motifs is 1. The van der Waals surface area contributed by atoms with E-state index in [0.717, 1.165) is 35.9 Å². The quantitative estimate of drug-likeness (QED) is 0.905. The van der Waals surface area contributed by atoms with Gasteiger partial charge in [-0.3, -0.25) is 4.79 Å². The van der Waals surface area contributed by atoms with Gasteiger partial charge < -0.3 is 15.0 Å². The van der Waals surface area contributed by atoms with Crippen molar-refractivity contribution in [3.63, 3.8) is 0 Å². The second-order valence-corrected chi connectivity index (χ2v) is 5.37. The average Bonchev–Trinajstić information content (AvgIpc) is 2.86. The maximum atomic E-state index is 12.3. The molecule has 1 aromatic heterocycles. The first-order chi connectivity index (χ1) is 10.2.